The molecule has 1 nitrogen and oxygen atoms in total. The molecule has 0 aromatic rings. The number of rotatable bonds is 7. The second-order valence-corrected chi connectivity index (χ2v) is 6.85. The van der Waals surface area contributed by atoms with Crippen molar-refractivity contribution in [2.75, 3.05) is 6.61 Å². The Bertz CT molecular complexity index is 247. The van der Waals surface area contributed by atoms with Gasteiger partial charge < -0.3 is 4.74 Å². The molecule has 0 saturated carbocycles. The van der Waals surface area contributed by atoms with E-state index < -0.39 is 0 Å². The molecular weight excluding hydrogens is 220 g/mol. The summed E-state index contributed by atoms with van der Waals surface area (Å²) >= 11 is 0. The molecule has 0 aliphatic heterocycles. The van der Waals surface area contributed by atoms with E-state index in [4.69, 9.17) is 4.74 Å². The van der Waals surface area contributed by atoms with Crippen LogP contribution in [-0.4, -0.2) is 12.2 Å². The maximum absolute atomic E-state index is 5.73. The Labute approximate surface area is 114 Å². The minimum Gasteiger partial charge on any atom is -0.376 e. The van der Waals surface area contributed by atoms with E-state index in [0.717, 1.165) is 12.5 Å². The summed E-state index contributed by atoms with van der Waals surface area (Å²) in [5, 5.41) is 0. The van der Waals surface area contributed by atoms with Gasteiger partial charge in [-0.2, -0.15) is 0 Å². The first kappa shape index (κ1) is 15.8. The Hall–Kier alpha value is -0.300. The molecular formula is C17H32O. The van der Waals surface area contributed by atoms with Crippen LogP contribution >= 0.6 is 0 Å². The number of unbranched alkanes of at least 4 members (excludes halogenated alkanes) is 3. The Morgan fingerprint density at radius 3 is 2.50 bits per heavy atom. The molecule has 0 fully saturated rings. The third-order valence-electron chi connectivity index (χ3n) is 3.79. The fourth-order valence-electron chi connectivity index (χ4n) is 2.55. The van der Waals surface area contributed by atoms with Crippen LogP contribution in [0.5, 0.6) is 0 Å². The van der Waals surface area contributed by atoms with Gasteiger partial charge in [0.2, 0.25) is 0 Å². The summed E-state index contributed by atoms with van der Waals surface area (Å²) in [7, 11) is 0. The van der Waals surface area contributed by atoms with Crippen molar-refractivity contribution in [3.05, 3.63) is 11.6 Å². The summed E-state index contributed by atoms with van der Waals surface area (Å²) in [6.45, 7) is 9.59. The van der Waals surface area contributed by atoms with Gasteiger partial charge in [-0.3, -0.25) is 0 Å². The van der Waals surface area contributed by atoms with Gasteiger partial charge in [0, 0.05) is 6.61 Å². The molecule has 1 atom stereocenters. The fourth-order valence-corrected chi connectivity index (χ4v) is 2.55. The first-order chi connectivity index (χ1) is 8.47. The average Bonchev–Trinajstić information content (AvgIpc) is 2.29. The summed E-state index contributed by atoms with van der Waals surface area (Å²) < 4.78 is 5.73. The van der Waals surface area contributed by atoms with E-state index in [9.17, 15) is 0 Å². The van der Waals surface area contributed by atoms with Crippen molar-refractivity contribution in [2.45, 2.75) is 84.7 Å². The Morgan fingerprint density at radius 2 is 1.89 bits per heavy atom. The predicted molar refractivity (Wildman–Crippen MR) is 79.9 cm³/mol. The van der Waals surface area contributed by atoms with Crippen LogP contribution in [0.4, 0.5) is 0 Å². The molecule has 1 aliphatic rings. The molecule has 0 aromatic heterocycles. The van der Waals surface area contributed by atoms with Crippen molar-refractivity contribution < 1.29 is 4.74 Å². The molecule has 18 heavy (non-hydrogen) atoms. The highest BCUT2D eigenvalue weighted by Gasteiger charge is 2.12. The lowest BCUT2D eigenvalue weighted by Crippen LogP contribution is -2.19. The van der Waals surface area contributed by atoms with Crippen LogP contribution in [0.2, 0.25) is 0 Å². The third-order valence-corrected chi connectivity index (χ3v) is 3.79. The highest BCUT2D eigenvalue weighted by molar-refractivity contribution is 5.02. The zero-order valence-electron chi connectivity index (χ0n) is 12.9. The van der Waals surface area contributed by atoms with E-state index in [1.165, 1.54) is 51.4 Å². The van der Waals surface area contributed by atoms with E-state index in [2.05, 4.69) is 33.8 Å². The van der Waals surface area contributed by atoms with Gasteiger partial charge in [-0.15, -0.1) is 0 Å². The molecule has 1 aliphatic carbocycles. The maximum atomic E-state index is 5.73. The second-order valence-electron chi connectivity index (χ2n) is 6.85. The third kappa shape index (κ3) is 7.92. The highest BCUT2D eigenvalue weighted by atomic mass is 16.5. The molecule has 106 valence electrons. The van der Waals surface area contributed by atoms with Gasteiger partial charge in [0.1, 0.15) is 0 Å². The molecule has 0 aromatic carbocycles. The van der Waals surface area contributed by atoms with Crippen LogP contribution in [0.25, 0.3) is 0 Å². The van der Waals surface area contributed by atoms with Gasteiger partial charge in [-0.25, -0.2) is 0 Å². The van der Waals surface area contributed by atoms with E-state index in [0.29, 0.717) is 0 Å². The molecule has 0 heterocycles. The van der Waals surface area contributed by atoms with Crippen LogP contribution < -0.4 is 0 Å². The molecule has 1 unspecified atom stereocenters. The van der Waals surface area contributed by atoms with Crippen molar-refractivity contribution >= 4 is 0 Å². The van der Waals surface area contributed by atoms with Crippen LogP contribution in [0.15, 0.2) is 11.6 Å². The summed E-state index contributed by atoms with van der Waals surface area (Å²) in [6, 6.07) is 0. The maximum Gasteiger partial charge on any atom is 0.0598 e. The smallest absolute Gasteiger partial charge is 0.0598 e. The molecule has 0 amide bonds. The molecule has 0 radical (unpaired) electrons. The quantitative estimate of drug-likeness (QED) is 0.429. The molecule has 0 spiro atoms. The van der Waals surface area contributed by atoms with Crippen molar-refractivity contribution in [1.82, 2.24) is 0 Å². The molecule has 1 heteroatoms. The first-order valence-corrected chi connectivity index (χ1v) is 7.77. The van der Waals surface area contributed by atoms with Crippen LogP contribution in [0.1, 0.15) is 79.1 Å². The summed E-state index contributed by atoms with van der Waals surface area (Å²) in [4.78, 5) is 0. The summed E-state index contributed by atoms with van der Waals surface area (Å²) in [5.41, 5.74) is 1.64. The minimum atomic E-state index is 0.0340. The van der Waals surface area contributed by atoms with Crippen molar-refractivity contribution in [1.29, 1.82) is 0 Å². The number of hydrogen-bond acceptors (Lipinski definition) is 1. The van der Waals surface area contributed by atoms with E-state index in [1.807, 2.05) is 0 Å². The monoisotopic (exact) mass is 252 g/mol. The number of allylic oxidation sites excluding steroid dienone is 2. The normalized spacial score (nSPS) is 20.9. The molecule has 1 rings (SSSR count). The number of hydrogen-bond donors (Lipinski definition) is 0. The second kappa shape index (κ2) is 7.99. The largest absolute Gasteiger partial charge is 0.376 e. The van der Waals surface area contributed by atoms with Crippen molar-refractivity contribution in [3.63, 3.8) is 0 Å². The van der Waals surface area contributed by atoms with E-state index >= 15 is 0 Å². The topological polar surface area (TPSA) is 9.23 Å². The summed E-state index contributed by atoms with van der Waals surface area (Å²) in [6.07, 6.45) is 13.3. The SMILES string of the molecule is CC1=CCC(CCCCCCOC(C)(C)C)CC1. The van der Waals surface area contributed by atoms with Crippen molar-refractivity contribution in [2.24, 2.45) is 5.92 Å². The van der Waals surface area contributed by atoms with Crippen LogP contribution in [0.3, 0.4) is 0 Å². The van der Waals surface area contributed by atoms with Gasteiger partial charge in [0.15, 0.2) is 0 Å². The first-order valence-electron chi connectivity index (χ1n) is 7.77. The lowest BCUT2D eigenvalue weighted by molar-refractivity contribution is -0.00476. The lowest BCUT2D eigenvalue weighted by atomic mass is 9.86. The van der Waals surface area contributed by atoms with E-state index in [-0.39, 0.29) is 5.60 Å². The van der Waals surface area contributed by atoms with Gasteiger partial charge in [-0.1, -0.05) is 37.3 Å². The van der Waals surface area contributed by atoms with E-state index in [1.54, 1.807) is 5.57 Å². The number of ether oxygens (including phenoxy) is 1. The Kier molecular flexibility index (Phi) is 6.99. The van der Waals surface area contributed by atoms with Gasteiger partial charge in [0.25, 0.3) is 0 Å². The van der Waals surface area contributed by atoms with Gasteiger partial charge in [-0.05, 0) is 59.3 Å². The van der Waals surface area contributed by atoms with Gasteiger partial charge in [0.05, 0.1) is 5.60 Å². The molecule has 0 bridgehead atoms. The molecule has 0 saturated heterocycles. The zero-order chi connectivity index (χ0) is 13.4. The Morgan fingerprint density at radius 1 is 1.17 bits per heavy atom. The lowest BCUT2D eigenvalue weighted by Gasteiger charge is -2.20. The van der Waals surface area contributed by atoms with Crippen molar-refractivity contribution in [3.8, 4) is 0 Å². The Balaban J connectivity index is 1.90. The molecule has 0 N–H and O–H groups in total. The fraction of sp³-hybridized carbons (Fsp3) is 0.882. The standard InChI is InChI=1S/C17H32O/c1-15-10-12-16(13-11-15)9-7-5-6-8-14-18-17(2,3)4/h10,16H,5-9,11-14H2,1-4H3. The average molecular weight is 252 g/mol. The van der Waals surface area contributed by atoms with Crippen LogP contribution in [-0.2, 0) is 4.74 Å². The summed E-state index contributed by atoms with van der Waals surface area (Å²) in [5.74, 6) is 0.972. The van der Waals surface area contributed by atoms with Crippen LogP contribution in [0, 0.1) is 5.92 Å². The highest BCUT2D eigenvalue weighted by Crippen LogP contribution is 2.27. The zero-order valence-corrected chi connectivity index (χ0v) is 12.9. The minimum absolute atomic E-state index is 0.0340. The predicted octanol–water partition coefficient (Wildman–Crippen LogP) is 5.50. The van der Waals surface area contributed by atoms with Gasteiger partial charge >= 0.3 is 0 Å².